The summed E-state index contributed by atoms with van der Waals surface area (Å²) in [5, 5.41) is 5.06. The highest BCUT2D eigenvalue weighted by molar-refractivity contribution is 7.89. The highest BCUT2D eigenvalue weighted by atomic mass is 35.5. The Morgan fingerprint density at radius 1 is 1.12 bits per heavy atom. The second kappa shape index (κ2) is 8.64. The van der Waals surface area contributed by atoms with Crippen molar-refractivity contribution in [1.82, 2.24) is 4.90 Å². The van der Waals surface area contributed by atoms with E-state index in [2.05, 4.69) is 0 Å². The predicted octanol–water partition coefficient (Wildman–Crippen LogP) is 1.94. The number of hydrogen-bond acceptors (Lipinski definition) is 5. The largest absolute Gasteiger partial charge is 0.452 e. The van der Waals surface area contributed by atoms with Crippen LogP contribution in [0.1, 0.15) is 42.5 Å². The van der Waals surface area contributed by atoms with Crippen LogP contribution in [0.4, 0.5) is 0 Å². The molecule has 0 bridgehead atoms. The highest BCUT2D eigenvalue weighted by Gasteiger charge is 2.20. The fraction of sp³-hybridized carbons (Fsp3) is 0.500. The van der Waals surface area contributed by atoms with Gasteiger partial charge in [0.15, 0.2) is 6.61 Å². The molecule has 0 aromatic heterocycles. The van der Waals surface area contributed by atoms with Crippen molar-refractivity contribution in [2.45, 2.75) is 37.0 Å². The molecule has 2 rings (SSSR count). The maximum absolute atomic E-state index is 12.2. The van der Waals surface area contributed by atoms with E-state index in [4.69, 9.17) is 21.5 Å². The van der Waals surface area contributed by atoms with Gasteiger partial charge in [0.2, 0.25) is 10.0 Å². The average Bonchev–Trinajstić information content (AvgIpc) is 2.51. The van der Waals surface area contributed by atoms with E-state index in [9.17, 15) is 18.0 Å². The zero-order valence-electron chi connectivity index (χ0n) is 13.7. The lowest BCUT2D eigenvalue weighted by Crippen LogP contribution is -2.37. The van der Waals surface area contributed by atoms with E-state index in [1.165, 1.54) is 18.6 Å². The fourth-order valence-corrected chi connectivity index (χ4v) is 3.37. The van der Waals surface area contributed by atoms with Crippen LogP contribution in [0.25, 0.3) is 0 Å². The molecule has 9 heteroatoms. The Morgan fingerprint density at radius 2 is 1.72 bits per heavy atom. The van der Waals surface area contributed by atoms with Gasteiger partial charge in [0.25, 0.3) is 5.91 Å². The molecule has 7 nitrogen and oxygen atoms in total. The summed E-state index contributed by atoms with van der Waals surface area (Å²) in [6, 6.07) is 3.48. The first-order valence-corrected chi connectivity index (χ1v) is 9.99. The van der Waals surface area contributed by atoms with Crippen LogP contribution in [0.3, 0.4) is 0 Å². The minimum Gasteiger partial charge on any atom is -0.452 e. The van der Waals surface area contributed by atoms with E-state index in [1.807, 2.05) is 0 Å². The number of hydrogen-bond donors (Lipinski definition) is 1. The van der Waals surface area contributed by atoms with Crippen LogP contribution < -0.4 is 5.14 Å². The van der Waals surface area contributed by atoms with Crippen LogP contribution in [0.15, 0.2) is 23.1 Å². The number of nitrogens with two attached hydrogens (primary N) is 1. The van der Waals surface area contributed by atoms with E-state index < -0.39 is 22.6 Å². The van der Waals surface area contributed by atoms with Gasteiger partial charge in [-0.25, -0.2) is 18.4 Å². The smallest absolute Gasteiger partial charge is 0.340 e. The van der Waals surface area contributed by atoms with Crippen molar-refractivity contribution in [1.29, 1.82) is 0 Å². The van der Waals surface area contributed by atoms with Gasteiger partial charge in [-0.3, -0.25) is 4.79 Å². The Kier molecular flexibility index (Phi) is 6.80. The molecule has 0 radical (unpaired) electrons. The van der Waals surface area contributed by atoms with Gasteiger partial charge in [-0.05, 0) is 31.0 Å². The summed E-state index contributed by atoms with van der Waals surface area (Å²) in [4.78, 5) is 25.8. The van der Waals surface area contributed by atoms with Gasteiger partial charge in [-0.1, -0.05) is 30.9 Å². The molecule has 1 saturated heterocycles. The molecule has 0 unspecified atom stereocenters. The van der Waals surface area contributed by atoms with Crippen molar-refractivity contribution in [3.05, 3.63) is 28.8 Å². The lowest BCUT2D eigenvalue weighted by Gasteiger charge is -2.24. The third-order valence-electron chi connectivity index (χ3n) is 4.02. The molecule has 1 aliphatic heterocycles. The molecule has 0 spiro atoms. The van der Waals surface area contributed by atoms with Crippen molar-refractivity contribution in [3.8, 4) is 0 Å². The van der Waals surface area contributed by atoms with Gasteiger partial charge in [-0.15, -0.1) is 0 Å². The van der Waals surface area contributed by atoms with Crippen molar-refractivity contribution in [2.75, 3.05) is 19.7 Å². The van der Waals surface area contributed by atoms with Crippen LogP contribution in [0.2, 0.25) is 5.02 Å². The number of rotatable bonds is 4. The summed E-state index contributed by atoms with van der Waals surface area (Å²) in [6.07, 6.45) is 5.21. The molecule has 1 amide bonds. The lowest BCUT2D eigenvalue weighted by molar-refractivity contribution is -0.134. The van der Waals surface area contributed by atoms with Crippen LogP contribution in [-0.2, 0) is 19.6 Å². The van der Waals surface area contributed by atoms with Crippen molar-refractivity contribution >= 4 is 33.5 Å². The number of primary sulfonamides is 1. The quantitative estimate of drug-likeness (QED) is 0.793. The molecule has 1 aromatic carbocycles. The number of sulfonamides is 1. The van der Waals surface area contributed by atoms with Gasteiger partial charge in [0.1, 0.15) is 0 Å². The van der Waals surface area contributed by atoms with Gasteiger partial charge >= 0.3 is 5.97 Å². The molecule has 138 valence electrons. The Hall–Kier alpha value is -1.64. The topological polar surface area (TPSA) is 107 Å². The molecule has 0 aliphatic carbocycles. The summed E-state index contributed by atoms with van der Waals surface area (Å²) in [5.74, 6) is -1.13. The number of benzene rings is 1. The second-order valence-corrected chi connectivity index (χ2v) is 7.88. The minimum absolute atomic E-state index is 0.0242. The number of carbonyl (C=O) groups is 2. The highest BCUT2D eigenvalue weighted by Crippen LogP contribution is 2.21. The molecule has 0 atom stereocenters. The molecule has 1 aliphatic rings. The number of halogens is 1. The summed E-state index contributed by atoms with van der Waals surface area (Å²) in [7, 11) is -3.97. The SMILES string of the molecule is NS(=O)(=O)c1ccc(Cl)c(C(=O)OCC(=O)N2CCCCCCC2)c1. The number of ether oxygens (including phenoxy) is 1. The normalized spacial score (nSPS) is 16.0. The minimum atomic E-state index is -3.97. The molecular weight excluding hydrogens is 368 g/mol. The number of likely N-dealkylation sites (tertiary alicyclic amines) is 1. The zero-order chi connectivity index (χ0) is 18.4. The van der Waals surface area contributed by atoms with Crippen LogP contribution >= 0.6 is 11.6 Å². The molecule has 2 N–H and O–H groups in total. The number of nitrogens with zero attached hydrogens (tertiary/aromatic N) is 1. The molecular formula is C16H21ClN2O5S. The summed E-state index contributed by atoms with van der Waals surface area (Å²) < 4.78 is 27.8. The van der Waals surface area contributed by atoms with Gasteiger partial charge < -0.3 is 9.64 Å². The van der Waals surface area contributed by atoms with Crippen LogP contribution in [0, 0.1) is 0 Å². The first kappa shape index (κ1) is 19.7. The lowest BCUT2D eigenvalue weighted by atomic mass is 10.1. The van der Waals surface area contributed by atoms with Gasteiger partial charge in [-0.2, -0.15) is 0 Å². The predicted molar refractivity (Wildman–Crippen MR) is 92.8 cm³/mol. The first-order valence-electron chi connectivity index (χ1n) is 8.06. The van der Waals surface area contributed by atoms with Crippen LogP contribution in [-0.4, -0.2) is 44.9 Å². The molecule has 1 fully saturated rings. The van der Waals surface area contributed by atoms with Crippen molar-refractivity contribution in [2.24, 2.45) is 5.14 Å². The van der Waals surface area contributed by atoms with E-state index >= 15 is 0 Å². The number of esters is 1. The maximum atomic E-state index is 12.2. The van der Waals surface area contributed by atoms with Crippen molar-refractivity contribution < 1.29 is 22.7 Å². The second-order valence-electron chi connectivity index (χ2n) is 5.91. The number of carbonyl (C=O) groups excluding carboxylic acids is 2. The van der Waals surface area contributed by atoms with E-state index in [1.54, 1.807) is 4.90 Å². The summed E-state index contributed by atoms with van der Waals surface area (Å²) in [5.41, 5.74) is -0.145. The fourth-order valence-electron chi connectivity index (χ4n) is 2.63. The first-order chi connectivity index (χ1) is 11.8. The van der Waals surface area contributed by atoms with Crippen LogP contribution in [0.5, 0.6) is 0 Å². The standard InChI is InChI=1S/C16H21ClN2O5S/c17-14-7-6-12(25(18,22)23)10-13(14)16(21)24-11-15(20)19-8-4-2-1-3-5-9-19/h6-7,10H,1-5,8-9,11H2,(H2,18,22,23). The Labute approximate surface area is 152 Å². The van der Waals surface area contributed by atoms with E-state index in [0.29, 0.717) is 13.1 Å². The monoisotopic (exact) mass is 388 g/mol. The molecule has 25 heavy (non-hydrogen) atoms. The third kappa shape index (κ3) is 5.69. The average molecular weight is 389 g/mol. The summed E-state index contributed by atoms with van der Waals surface area (Å²) >= 11 is 5.91. The molecule has 1 aromatic rings. The van der Waals surface area contributed by atoms with E-state index in [0.717, 1.165) is 31.7 Å². The zero-order valence-corrected chi connectivity index (χ0v) is 15.3. The Morgan fingerprint density at radius 3 is 2.32 bits per heavy atom. The summed E-state index contributed by atoms with van der Waals surface area (Å²) in [6.45, 7) is 0.894. The van der Waals surface area contributed by atoms with Gasteiger partial charge in [0, 0.05) is 13.1 Å². The van der Waals surface area contributed by atoms with Crippen molar-refractivity contribution in [3.63, 3.8) is 0 Å². The maximum Gasteiger partial charge on any atom is 0.340 e. The molecule has 0 saturated carbocycles. The third-order valence-corrected chi connectivity index (χ3v) is 5.26. The Bertz CT molecular complexity index is 743. The Balaban J connectivity index is 2.01. The van der Waals surface area contributed by atoms with Gasteiger partial charge in [0.05, 0.1) is 15.5 Å². The number of amides is 1. The van der Waals surface area contributed by atoms with E-state index in [-0.39, 0.29) is 21.4 Å². The molecule has 1 heterocycles.